The van der Waals surface area contributed by atoms with Crippen molar-refractivity contribution in [3.8, 4) is 0 Å². The molecule has 11 atom stereocenters. The summed E-state index contributed by atoms with van der Waals surface area (Å²) in [6, 6.07) is 6.48. The van der Waals surface area contributed by atoms with Crippen molar-refractivity contribution in [2.75, 3.05) is 0 Å². The molecule has 388 valence electrons. The molecular formula is C57H108O6Si4. The van der Waals surface area contributed by atoms with Crippen molar-refractivity contribution in [2.45, 2.75) is 247 Å². The van der Waals surface area contributed by atoms with Crippen molar-refractivity contribution in [2.24, 2.45) is 35.5 Å². The highest BCUT2D eigenvalue weighted by Gasteiger charge is 2.45. The number of allylic oxidation sites excluding steroid dienone is 5. The number of carbonyl (C=O) groups is 1. The molecule has 1 aliphatic heterocycles. The molecule has 10 heteroatoms. The molecule has 0 fully saturated rings. The molecular weight excluding hydrogens is 893 g/mol. The first-order valence-electron chi connectivity index (χ1n) is 26.8. The lowest BCUT2D eigenvalue weighted by Crippen LogP contribution is -2.50. The Morgan fingerprint density at radius 1 is 0.701 bits per heavy atom. The minimum absolute atomic E-state index is 0.00602. The highest BCUT2D eigenvalue weighted by molar-refractivity contribution is 6.75. The lowest BCUT2D eigenvalue weighted by atomic mass is 9.81. The van der Waals surface area contributed by atoms with Crippen molar-refractivity contribution < 1.29 is 27.2 Å². The molecule has 0 bridgehead atoms. The van der Waals surface area contributed by atoms with E-state index < -0.39 is 39.4 Å². The third kappa shape index (κ3) is 19.3. The summed E-state index contributed by atoms with van der Waals surface area (Å²) in [5, 5.41) is 0.0661. The molecule has 0 spiro atoms. The van der Waals surface area contributed by atoms with Gasteiger partial charge in [-0.05, 0) is 110 Å². The number of ether oxygens (including phenoxy) is 1. The van der Waals surface area contributed by atoms with Crippen molar-refractivity contribution in [3.63, 3.8) is 0 Å². The molecule has 0 aromatic heterocycles. The number of hydrogen-bond donors (Lipinski definition) is 0. The lowest BCUT2D eigenvalue weighted by molar-refractivity contribution is -0.150. The average Bonchev–Trinajstić information content (AvgIpc) is 3.25. The summed E-state index contributed by atoms with van der Waals surface area (Å²) in [4.78, 5) is 13.9. The molecule has 0 aromatic carbocycles. The van der Waals surface area contributed by atoms with Crippen molar-refractivity contribution in [1.82, 2.24) is 0 Å². The largest absolute Gasteiger partial charge is 0.458 e. The standard InChI is InChI=1S/C57H108O6Si4/c1-25-32-35-45(10)54-49(14)55(63-65(23,24)57(18,19)20)48(13)41-43(8)40-47(12)53(62-64(21,22)56(15,16)17)46(11)38-39-50(60-66(26-2,27-3)28-4)42-51(61-67(29-5,30-6)31-7)44(9)36-33-34-37-52(58)59-54/h25,32-40,44-51,53-55H,1,26-31,41-42H2,2-24H3/b35-32-,36-33+,37-34-,39-38-,43-40-/t44-,45+,46+,47+,48+,49-,50-,51+,53+,54+,55-/m1/s1. The molecule has 67 heavy (non-hydrogen) atoms. The maximum Gasteiger partial charge on any atom is 0.331 e. The van der Waals surface area contributed by atoms with Crippen LogP contribution >= 0.6 is 0 Å². The molecule has 0 N–H and O–H groups in total. The lowest BCUT2D eigenvalue weighted by Gasteiger charge is -2.45. The minimum Gasteiger partial charge on any atom is -0.458 e. The summed E-state index contributed by atoms with van der Waals surface area (Å²) in [6.07, 6.45) is 21.7. The number of esters is 1. The normalized spacial score (nSPS) is 30.6. The molecule has 1 aliphatic rings. The van der Waals surface area contributed by atoms with E-state index in [1.165, 1.54) is 5.57 Å². The Bertz CT molecular complexity index is 1610. The van der Waals surface area contributed by atoms with Gasteiger partial charge in [-0.15, -0.1) is 0 Å². The number of rotatable bonds is 17. The van der Waals surface area contributed by atoms with Crippen molar-refractivity contribution >= 4 is 39.2 Å². The summed E-state index contributed by atoms with van der Waals surface area (Å²) >= 11 is 0. The maximum absolute atomic E-state index is 13.9. The highest BCUT2D eigenvalue weighted by Crippen LogP contribution is 2.43. The zero-order valence-electron chi connectivity index (χ0n) is 47.9. The van der Waals surface area contributed by atoms with Crippen LogP contribution in [-0.2, 0) is 27.2 Å². The third-order valence-electron chi connectivity index (χ3n) is 16.7. The molecule has 0 saturated heterocycles. The number of cyclic esters (lactones) is 1. The van der Waals surface area contributed by atoms with Gasteiger partial charge in [0, 0.05) is 24.3 Å². The Balaban J connectivity index is 4.35. The van der Waals surface area contributed by atoms with Gasteiger partial charge in [-0.3, -0.25) is 0 Å². The summed E-state index contributed by atoms with van der Waals surface area (Å²) in [7, 11) is -8.47. The van der Waals surface area contributed by atoms with E-state index in [4.69, 9.17) is 22.4 Å². The first-order chi connectivity index (χ1) is 30.9. The third-order valence-corrected chi connectivity index (χ3v) is 35.0. The van der Waals surface area contributed by atoms with E-state index in [2.05, 4.69) is 195 Å². The Labute approximate surface area is 420 Å². The van der Waals surface area contributed by atoms with Crippen LogP contribution in [0.4, 0.5) is 0 Å². The quantitative estimate of drug-likeness (QED) is 0.0626. The molecule has 0 aliphatic carbocycles. The minimum atomic E-state index is -2.26. The summed E-state index contributed by atoms with van der Waals surface area (Å²) in [5.74, 6) is 0.0372. The molecule has 1 rings (SSSR count). The second-order valence-corrected chi connectivity index (χ2v) is 42.8. The van der Waals surface area contributed by atoms with E-state index in [1.54, 1.807) is 12.2 Å². The van der Waals surface area contributed by atoms with Gasteiger partial charge in [-0.25, -0.2) is 4.79 Å². The van der Waals surface area contributed by atoms with Crippen LogP contribution in [0.15, 0.2) is 72.9 Å². The zero-order chi connectivity index (χ0) is 51.8. The highest BCUT2D eigenvalue weighted by atomic mass is 28.4. The van der Waals surface area contributed by atoms with E-state index in [0.29, 0.717) is 0 Å². The topological polar surface area (TPSA) is 63.2 Å². The van der Waals surface area contributed by atoms with Gasteiger partial charge < -0.3 is 22.4 Å². The second kappa shape index (κ2) is 28.0. The molecule has 6 nitrogen and oxygen atoms in total. The fourth-order valence-electron chi connectivity index (χ4n) is 9.44. The molecule has 0 aromatic rings. The first kappa shape index (κ1) is 63.6. The van der Waals surface area contributed by atoms with E-state index >= 15 is 0 Å². The van der Waals surface area contributed by atoms with Gasteiger partial charge in [-0.2, -0.15) is 0 Å². The fourth-order valence-corrected chi connectivity index (χ4v) is 18.1. The van der Waals surface area contributed by atoms with E-state index in [1.807, 2.05) is 18.2 Å². The van der Waals surface area contributed by atoms with Crippen LogP contribution in [0.3, 0.4) is 0 Å². The van der Waals surface area contributed by atoms with Crippen LogP contribution < -0.4 is 0 Å². The number of hydrogen-bond acceptors (Lipinski definition) is 6. The molecule has 1 heterocycles. The van der Waals surface area contributed by atoms with Gasteiger partial charge in [0.15, 0.2) is 33.3 Å². The smallest absolute Gasteiger partial charge is 0.331 e. The van der Waals surface area contributed by atoms with Crippen LogP contribution in [0.5, 0.6) is 0 Å². The van der Waals surface area contributed by atoms with Gasteiger partial charge in [0.05, 0.1) is 24.4 Å². The predicted molar refractivity (Wildman–Crippen MR) is 303 cm³/mol. The monoisotopic (exact) mass is 1000 g/mol. The van der Waals surface area contributed by atoms with Crippen LogP contribution in [0.2, 0.25) is 72.5 Å². The summed E-state index contributed by atoms with van der Waals surface area (Å²) in [5.41, 5.74) is 1.33. The second-order valence-electron chi connectivity index (χ2n) is 23.9. The van der Waals surface area contributed by atoms with Crippen LogP contribution in [0, 0.1) is 35.5 Å². The molecule has 0 unspecified atom stereocenters. The predicted octanol–water partition coefficient (Wildman–Crippen LogP) is 17.4. The Kier molecular flexibility index (Phi) is 26.6. The van der Waals surface area contributed by atoms with Gasteiger partial charge in [0.2, 0.25) is 0 Å². The zero-order valence-corrected chi connectivity index (χ0v) is 51.9. The first-order valence-corrected chi connectivity index (χ1v) is 37.7. The van der Waals surface area contributed by atoms with Gasteiger partial charge in [0.1, 0.15) is 6.10 Å². The van der Waals surface area contributed by atoms with Gasteiger partial charge in [-0.1, -0.05) is 191 Å². The summed E-state index contributed by atoms with van der Waals surface area (Å²) in [6.45, 7) is 57.2. The van der Waals surface area contributed by atoms with Crippen molar-refractivity contribution in [1.29, 1.82) is 0 Å². The Morgan fingerprint density at radius 3 is 1.67 bits per heavy atom. The van der Waals surface area contributed by atoms with E-state index in [9.17, 15) is 4.79 Å². The van der Waals surface area contributed by atoms with Crippen molar-refractivity contribution in [3.05, 3.63) is 72.9 Å². The molecule has 0 amide bonds. The molecule has 0 saturated carbocycles. The van der Waals surface area contributed by atoms with Crippen LogP contribution in [-0.4, -0.2) is 69.8 Å². The van der Waals surface area contributed by atoms with Gasteiger partial charge >= 0.3 is 5.97 Å². The fraction of sp³-hybridized carbons (Fsp3) is 0.772. The van der Waals surface area contributed by atoms with E-state index in [-0.39, 0.29) is 76.0 Å². The van der Waals surface area contributed by atoms with Crippen LogP contribution in [0.25, 0.3) is 0 Å². The van der Waals surface area contributed by atoms with E-state index in [0.717, 1.165) is 49.1 Å². The Morgan fingerprint density at radius 2 is 1.19 bits per heavy atom. The SMILES string of the molecule is C=C/C=C\[C@H](C)[C@@H]1OC(=O)/C=C\C=C\[C@@H](C)[C@@H](O[Si](CC)(CC)CC)C[C@H](O[Si](CC)(CC)CC)/C=C\[C@H](C)[C@H](O[Si](C)(C)C(C)(C)C)[C@@H](C)/C=C(/C)C[C@H](C)[C@@H](O[Si](C)(C)C(C)(C)C)[C@@H]1C. The maximum atomic E-state index is 13.9. The van der Waals surface area contributed by atoms with Gasteiger partial charge in [0.25, 0.3) is 0 Å². The Hall–Kier alpha value is -1.38. The molecule has 0 radical (unpaired) electrons. The average molecular weight is 1000 g/mol. The summed E-state index contributed by atoms with van der Waals surface area (Å²) < 4.78 is 36.4. The van der Waals surface area contributed by atoms with Crippen LogP contribution in [0.1, 0.15) is 144 Å². The number of carbonyl (C=O) groups excluding carboxylic acids is 1.